The molecule has 0 saturated carbocycles. The van der Waals surface area contributed by atoms with E-state index in [9.17, 15) is 4.39 Å². The lowest BCUT2D eigenvalue weighted by molar-refractivity contribution is 0.609. The van der Waals surface area contributed by atoms with Crippen LogP contribution in [0.25, 0.3) is 11.3 Å². The van der Waals surface area contributed by atoms with Crippen LogP contribution in [0, 0.1) is 5.82 Å². The number of aromatic nitrogens is 2. The first-order valence-corrected chi connectivity index (χ1v) is 5.69. The van der Waals surface area contributed by atoms with Crippen molar-refractivity contribution in [3.8, 4) is 11.3 Å². The lowest BCUT2D eigenvalue weighted by atomic mass is 10.1. The highest BCUT2D eigenvalue weighted by Gasteiger charge is 2.10. The SMILES string of the molecule is Fc1c(Br)ncnc1-c1ccc(Br)cc1. The minimum atomic E-state index is -0.445. The fourth-order valence-electron chi connectivity index (χ4n) is 1.16. The molecule has 1 aromatic carbocycles. The van der Waals surface area contributed by atoms with Gasteiger partial charge < -0.3 is 0 Å². The summed E-state index contributed by atoms with van der Waals surface area (Å²) in [7, 11) is 0. The Balaban J connectivity index is 2.54. The van der Waals surface area contributed by atoms with Crippen molar-refractivity contribution in [2.75, 3.05) is 0 Å². The molecule has 0 bridgehead atoms. The summed E-state index contributed by atoms with van der Waals surface area (Å²) in [5.74, 6) is -0.445. The van der Waals surface area contributed by atoms with Crippen LogP contribution in [-0.4, -0.2) is 9.97 Å². The van der Waals surface area contributed by atoms with E-state index in [1.807, 2.05) is 12.1 Å². The molecule has 0 aliphatic rings. The Bertz CT molecular complexity index is 485. The van der Waals surface area contributed by atoms with Crippen LogP contribution in [-0.2, 0) is 0 Å². The van der Waals surface area contributed by atoms with E-state index in [0.717, 1.165) is 10.0 Å². The second-order valence-corrected chi connectivity index (χ2v) is 4.50. The molecule has 0 aliphatic heterocycles. The predicted octanol–water partition coefficient (Wildman–Crippen LogP) is 3.81. The van der Waals surface area contributed by atoms with E-state index in [1.165, 1.54) is 6.33 Å². The number of nitrogens with zero attached hydrogens (tertiary/aromatic N) is 2. The summed E-state index contributed by atoms with van der Waals surface area (Å²) in [5.41, 5.74) is 1.02. The molecule has 2 aromatic rings. The number of halogens is 3. The van der Waals surface area contributed by atoms with Crippen molar-refractivity contribution in [3.63, 3.8) is 0 Å². The van der Waals surface area contributed by atoms with Crippen molar-refractivity contribution < 1.29 is 4.39 Å². The number of benzene rings is 1. The van der Waals surface area contributed by atoms with E-state index in [0.29, 0.717) is 5.69 Å². The van der Waals surface area contributed by atoms with E-state index in [4.69, 9.17) is 0 Å². The molecule has 0 spiro atoms. The Hall–Kier alpha value is -0.810. The Labute approximate surface area is 103 Å². The number of hydrogen-bond acceptors (Lipinski definition) is 2. The molecule has 5 heteroatoms. The minimum absolute atomic E-state index is 0.176. The van der Waals surface area contributed by atoms with E-state index in [2.05, 4.69) is 41.8 Å². The predicted molar refractivity (Wildman–Crippen MR) is 62.8 cm³/mol. The Morgan fingerprint density at radius 3 is 2.33 bits per heavy atom. The van der Waals surface area contributed by atoms with Gasteiger partial charge in [-0.25, -0.2) is 14.4 Å². The van der Waals surface area contributed by atoms with Crippen LogP contribution < -0.4 is 0 Å². The molecule has 0 saturated heterocycles. The molecule has 2 rings (SSSR count). The van der Waals surface area contributed by atoms with Crippen molar-refractivity contribution in [1.29, 1.82) is 0 Å². The topological polar surface area (TPSA) is 25.8 Å². The summed E-state index contributed by atoms with van der Waals surface area (Å²) in [4.78, 5) is 7.61. The van der Waals surface area contributed by atoms with E-state index in [1.54, 1.807) is 12.1 Å². The molecule has 0 unspecified atom stereocenters. The van der Waals surface area contributed by atoms with Gasteiger partial charge in [-0.1, -0.05) is 28.1 Å². The average Bonchev–Trinajstić information content (AvgIpc) is 2.24. The number of hydrogen-bond donors (Lipinski definition) is 0. The highest BCUT2D eigenvalue weighted by molar-refractivity contribution is 9.10. The molecular formula is C10H5Br2FN2. The van der Waals surface area contributed by atoms with Crippen molar-refractivity contribution in [3.05, 3.63) is 45.5 Å². The van der Waals surface area contributed by atoms with Gasteiger partial charge in [0.05, 0.1) is 0 Å². The zero-order chi connectivity index (χ0) is 10.8. The molecule has 0 amide bonds. The van der Waals surface area contributed by atoms with E-state index < -0.39 is 5.82 Å². The van der Waals surface area contributed by atoms with Crippen LogP contribution in [0.1, 0.15) is 0 Å². The minimum Gasteiger partial charge on any atom is -0.233 e. The van der Waals surface area contributed by atoms with Crippen molar-refractivity contribution in [2.45, 2.75) is 0 Å². The van der Waals surface area contributed by atoms with Gasteiger partial charge in [0.15, 0.2) is 5.82 Å². The maximum Gasteiger partial charge on any atom is 0.182 e. The molecule has 0 aliphatic carbocycles. The summed E-state index contributed by atoms with van der Waals surface area (Å²) in [6, 6.07) is 7.26. The van der Waals surface area contributed by atoms with E-state index >= 15 is 0 Å². The standard InChI is InChI=1S/C10H5Br2FN2/c11-7-3-1-6(2-4-7)9-8(13)10(12)15-5-14-9/h1-5H. The first-order chi connectivity index (χ1) is 7.18. The summed E-state index contributed by atoms with van der Waals surface area (Å²) < 4.78 is 14.7. The van der Waals surface area contributed by atoms with Gasteiger partial charge in [0, 0.05) is 10.0 Å². The molecule has 76 valence electrons. The first kappa shape index (κ1) is 10.7. The third kappa shape index (κ3) is 2.23. The van der Waals surface area contributed by atoms with Gasteiger partial charge in [0.1, 0.15) is 16.6 Å². The summed E-state index contributed by atoms with van der Waals surface area (Å²) in [5, 5.41) is 0. The fraction of sp³-hybridized carbons (Fsp3) is 0. The third-order valence-electron chi connectivity index (χ3n) is 1.86. The Kier molecular flexibility index (Phi) is 3.11. The summed E-state index contributed by atoms with van der Waals surface area (Å²) in [6.07, 6.45) is 1.32. The lowest BCUT2D eigenvalue weighted by Gasteiger charge is -2.02. The van der Waals surface area contributed by atoms with Crippen LogP contribution in [0.15, 0.2) is 39.7 Å². The lowest BCUT2D eigenvalue weighted by Crippen LogP contribution is -1.92. The molecule has 0 N–H and O–H groups in total. The quantitative estimate of drug-likeness (QED) is 0.743. The van der Waals surface area contributed by atoms with Gasteiger partial charge >= 0.3 is 0 Å². The second kappa shape index (κ2) is 4.37. The van der Waals surface area contributed by atoms with Crippen molar-refractivity contribution >= 4 is 31.9 Å². The fourth-order valence-corrected chi connectivity index (χ4v) is 1.70. The van der Waals surface area contributed by atoms with Crippen molar-refractivity contribution in [1.82, 2.24) is 9.97 Å². The molecule has 1 aromatic heterocycles. The molecule has 0 fully saturated rings. The monoisotopic (exact) mass is 330 g/mol. The molecule has 2 nitrogen and oxygen atoms in total. The molecule has 1 heterocycles. The Morgan fingerprint density at radius 2 is 1.67 bits per heavy atom. The van der Waals surface area contributed by atoms with Gasteiger partial charge in [-0.3, -0.25) is 0 Å². The number of rotatable bonds is 1. The maximum atomic E-state index is 13.6. The van der Waals surface area contributed by atoms with Crippen LogP contribution >= 0.6 is 31.9 Å². The zero-order valence-electron chi connectivity index (χ0n) is 7.42. The van der Waals surface area contributed by atoms with Gasteiger partial charge in [0.25, 0.3) is 0 Å². The van der Waals surface area contributed by atoms with Gasteiger partial charge in [-0.05, 0) is 28.1 Å². The van der Waals surface area contributed by atoms with Gasteiger partial charge in [-0.2, -0.15) is 0 Å². The third-order valence-corrected chi connectivity index (χ3v) is 2.95. The largest absolute Gasteiger partial charge is 0.233 e. The van der Waals surface area contributed by atoms with Gasteiger partial charge in [0.2, 0.25) is 0 Å². The van der Waals surface area contributed by atoms with Gasteiger partial charge in [-0.15, -0.1) is 0 Å². The van der Waals surface area contributed by atoms with Crippen LogP contribution in [0.4, 0.5) is 4.39 Å². The van der Waals surface area contributed by atoms with E-state index in [-0.39, 0.29) is 4.60 Å². The molecular weight excluding hydrogens is 327 g/mol. The van der Waals surface area contributed by atoms with Crippen LogP contribution in [0.5, 0.6) is 0 Å². The molecule has 0 atom stereocenters. The van der Waals surface area contributed by atoms with Crippen molar-refractivity contribution in [2.24, 2.45) is 0 Å². The Morgan fingerprint density at radius 1 is 1.00 bits per heavy atom. The highest BCUT2D eigenvalue weighted by atomic mass is 79.9. The maximum absolute atomic E-state index is 13.6. The zero-order valence-corrected chi connectivity index (χ0v) is 10.6. The van der Waals surface area contributed by atoms with Crippen LogP contribution in [0.2, 0.25) is 0 Å². The summed E-state index contributed by atoms with van der Waals surface area (Å²) in [6.45, 7) is 0. The highest BCUT2D eigenvalue weighted by Crippen LogP contribution is 2.25. The summed E-state index contributed by atoms with van der Waals surface area (Å²) >= 11 is 6.34. The molecule has 0 radical (unpaired) electrons. The first-order valence-electron chi connectivity index (χ1n) is 4.10. The molecule has 15 heavy (non-hydrogen) atoms. The van der Waals surface area contributed by atoms with Crippen LogP contribution in [0.3, 0.4) is 0 Å². The normalized spacial score (nSPS) is 10.3. The average molecular weight is 332 g/mol. The second-order valence-electron chi connectivity index (χ2n) is 2.83. The smallest absolute Gasteiger partial charge is 0.182 e.